The van der Waals surface area contributed by atoms with Gasteiger partial charge in [-0.2, -0.15) is 5.10 Å². The summed E-state index contributed by atoms with van der Waals surface area (Å²) in [6, 6.07) is 19.9. The van der Waals surface area contributed by atoms with Crippen LogP contribution in [0.3, 0.4) is 0 Å². The second-order valence-electron chi connectivity index (χ2n) is 5.02. The van der Waals surface area contributed by atoms with Gasteiger partial charge in [-0.3, -0.25) is 4.79 Å². The van der Waals surface area contributed by atoms with Crippen molar-refractivity contribution < 1.29 is 4.79 Å². The van der Waals surface area contributed by atoms with Gasteiger partial charge in [0.15, 0.2) is 0 Å². The zero-order valence-corrected chi connectivity index (χ0v) is 12.7. The van der Waals surface area contributed by atoms with Gasteiger partial charge in [0.25, 0.3) is 0 Å². The molecule has 0 saturated heterocycles. The van der Waals surface area contributed by atoms with E-state index in [9.17, 15) is 4.79 Å². The van der Waals surface area contributed by atoms with Crippen LogP contribution in [0.4, 0.5) is 0 Å². The number of allylic oxidation sites excluding steroid dienone is 1. The largest absolute Gasteiger partial charge is 0.273 e. The molecule has 0 aliphatic heterocycles. The summed E-state index contributed by atoms with van der Waals surface area (Å²) in [7, 11) is 0. The molecule has 112 valence electrons. The van der Waals surface area contributed by atoms with Crippen molar-refractivity contribution in [2.45, 2.75) is 19.8 Å². The van der Waals surface area contributed by atoms with Crippen molar-refractivity contribution in [1.29, 1.82) is 0 Å². The monoisotopic (exact) mass is 292 g/mol. The van der Waals surface area contributed by atoms with Crippen LogP contribution in [0.15, 0.2) is 71.8 Å². The zero-order valence-electron chi connectivity index (χ0n) is 12.7. The van der Waals surface area contributed by atoms with Crippen LogP contribution in [-0.4, -0.2) is 11.6 Å². The fraction of sp³-hybridized carbons (Fsp3) is 0.158. The molecule has 0 aliphatic rings. The number of aryl methyl sites for hydroxylation is 1. The average molecular weight is 292 g/mol. The minimum Gasteiger partial charge on any atom is -0.273 e. The molecule has 0 atom stereocenters. The molecule has 2 rings (SSSR count). The SMILES string of the molecule is CC(/C=C/c1ccccc1)=N/NC(=O)CCc1ccccc1. The number of nitrogens with one attached hydrogen (secondary N) is 1. The highest BCUT2D eigenvalue weighted by Crippen LogP contribution is 2.02. The number of carbonyl (C=O) groups excluding carboxylic acids is 1. The van der Waals surface area contributed by atoms with Crippen molar-refractivity contribution in [3.63, 3.8) is 0 Å². The second kappa shape index (κ2) is 8.57. The number of hydrogen-bond acceptors (Lipinski definition) is 2. The van der Waals surface area contributed by atoms with Crippen molar-refractivity contribution in [2.24, 2.45) is 5.10 Å². The van der Waals surface area contributed by atoms with E-state index in [-0.39, 0.29) is 5.91 Å². The van der Waals surface area contributed by atoms with Gasteiger partial charge in [0.1, 0.15) is 0 Å². The number of amides is 1. The summed E-state index contributed by atoms with van der Waals surface area (Å²) in [5, 5.41) is 4.08. The van der Waals surface area contributed by atoms with E-state index < -0.39 is 0 Å². The van der Waals surface area contributed by atoms with Crippen LogP contribution in [0.2, 0.25) is 0 Å². The van der Waals surface area contributed by atoms with Crippen LogP contribution >= 0.6 is 0 Å². The van der Waals surface area contributed by atoms with Gasteiger partial charge in [0.2, 0.25) is 5.91 Å². The summed E-state index contributed by atoms with van der Waals surface area (Å²) < 4.78 is 0. The third-order valence-electron chi connectivity index (χ3n) is 3.16. The predicted molar refractivity (Wildman–Crippen MR) is 91.5 cm³/mol. The fourth-order valence-electron chi connectivity index (χ4n) is 1.93. The summed E-state index contributed by atoms with van der Waals surface area (Å²) >= 11 is 0. The number of hydrogen-bond donors (Lipinski definition) is 1. The molecule has 22 heavy (non-hydrogen) atoms. The highest BCUT2D eigenvalue weighted by molar-refractivity contribution is 5.96. The van der Waals surface area contributed by atoms with E-state index in [0.717, 1.165) is 23.3 Å². The van der Waals surface area contributed by atoms with E-state index in [0.29, 0.717) is 6.42 Å². The highest BCUT2D eigenvalue weighted by Gasteiger charge is 2.00. The van der Waals surface area contributed by atoms with Gasteiger partial charge in [-0.15, -0.1) is 0 Å². The molecule has 1 N–H and O–H groups in total. The molecule has 0 fully saturated rings. The fourth-order valence-corrected chi connectivity index (χ4v) is 1.93. The molecule has 3 nitrogen and oxygen atoms in total. The van der Waals surface area contributed by atoms with Crippen molar-refractivity contribution in [1.82, 2.24) is 5.43 Å². The average Bonchev–Trinajstić information content (AvgIpc) is 2.58. The van der Waals surface area contributed by atoms with Gasteiger partial charge in [-0.1, -0.05) is 66.7 Å². The first-order valence-electron chi connectivity index (χ1n) is 7.34. The number of hydrazone groups is 1. The lowest BCUT2D eigenvalue weighted by Crippen LogP contribution is -2.18. The van der Waals surface area contributed by atoms with Crippen molar-refractivity contribution in [3.05, 3.63) is 77.9 Å². The smallest absolute Gasteiger partial charge is 0.240 e. The molecule has 2 aromatic rings. The van der Waals surface area contributed by atoms with Crippen LogP contribution in [-0.2, 0) is 11.2 Å². The van der Waals surface area contributed by atoms with E-state index in [2.05, 4.69) is 10.5 Å². The Morgan fingerprint density at radius 1 is 1.05 bits per heavy atom. The first kappa shape index (κ1) is 15.7. The van der Waals surface area contributed by atoms with Gasteiger partial charge in [-0.25, -0.2) is 5.43 Å². The zero-order chi connectivity index (χ0) is 15.6. The predicted octanol–water partition coefficient (Wildman–Crippen LogP) is 3.82. The maximum Gasteiger partial charge on any atom is 0.240 e. The first-order valence-corrected chi connectivity index (χ1v) is 7.34. The van der Waals surface area contributed by atoms with Crippen LogP contribution in [0, 0.1) is 0 Å². The van der Waals surface area contributed by atoms with Crippen molar-refractivity contribution in [2.75, 3.05) is 0 Å². The molecule has 0 aliphatic carbocycles. The third kappa shape index (κ3) is 5.75. The Hall–Kier alpha value is -2.68. The Kier molecular flexibility index (Phi) is 6.12. The van der Waals surface area contributed by atoms with Gasteiger partial charge in [-0.05, 0) is 30.5 Å². The summed E-state index contributed by atoms with van der Waals surface area (Å²) in [6.45, 7) is 1.86. The van der Waals surface area contributed by atoms with E-state index in [1.54, 1.807) is 0 Å². The van der Waals surface area contributed by atoms with E-state index in [1.165, 1.54) is 0 Å². The molecule has 0 heterocycles. The first-order chi connectivity index (χ1) is 10.7. The molecule has 3 heteroatoms. The van der Waals surface area contributed by atoms with Crippen molar-refractivity contribution in [3.8, 4) is 0 Å². The van der Waals surface area contributed by atoms with Crippen LogP contribution in [0.5, 0.6) is 0 Å². The van der Waals surface area contributed by atoms with Crippen LogP contribution in [0.1, 0.15) is 24.5 Å². The molecular weight excluding hydrogens is 272 g/mol. The summed E-state index contributed by atoms with van der Waals surface area (Å²) in [4.78, 5) is 11.8. The minimum atomic E-state index is -0.0729. The molecule has 1 amide bonds. The lowest BCUT2D eigenvalue weighted by molar-refractivity contribution is -0.121. The maximum atomic E-state index is 11.8. The number of nitrogens with zero attached hydrogens (tertiary/aromatic N) is 1. The Balaban J connectivity index is 1.78. The van der Waals surface area contributed by atoms with E-state index >= 15 is 0 Å². The lowest BCUT2D eigenvalue weighted by Gasteiger charge is -2.01. The number of benzene rings is 2. The summed E-state index contributed by atoms with van der Waals surface area (Å²) in [6.07, 6.45) is 5.01. The Labute approximate surface area is 131 Å². The standard InChI is InChI=1S/C19H20N2O/c1-16(12-13-17-8-4-2-5-9-17)20-21-19(22)15-14-18-10-6-3-7-11-18/h2-13H,14-15H2,1H3,(H,21,22)/b13-12+,20-16-. The summed E-state index contributed by atoms with van der Waals surface area (Å²) in [5.41, 5.74) is 5.61. The molecule has 0 bridgehead atoms. The molecule has 0 aromatic heterocycles. The normalized spacial score (nSPS) is 11.6. The van der Waals surface area contributed by atoms with Gasteiger partial charge < -0.3 is 0 Å². The molecule has 0 spiro atoms. The van der Waals surface area contributed by atoms with Gasteiger partial charge in [0, 0.05) is 6.42 Å². The van der Waals surface area contributed by atoms with Gasteiger partial charge in [0.05, 0.1) is 5.71 Å². The van der Waals surface area contributed by atoms with E-state index in [1.807, 2.05) is 79.7 Å². The number of carbonyl (C=O) groups is 1. The Morgan fingerprint density at radius 3 is 2.36 bits per heavy atom. The second-order valence-corrected chi connectivity index (χ2v) is 5.02. The molecular formula is C19H20N2O. The van der Waals surface area contributed by atoms with Crippen molar-refractivity contribution >= 4 is 17.7 Å². The lowest BCUT2D eigenvalue weighted by atomic mass is 10.1. The Morgan fingerprint density at radius 2 is 1.68 bits per heavy atom. The summed E-state index contributed by atoms with van der Waals surface area (Å²) in [5.74, 6) is -0.0729. The quantitative estimate of drug-likeness (QED) is 0.638. The Bertz CT molecular complexity index is 646. The third-order valence-corrected chi connectivity index (χ3v) is 3.16. The molecule has 0 radical (unpaired) electrons. The topological polar surface area (TPSA) is 41.5 Å². The molecule has 0 saturated carbocycles. The highest BCUT2D eigenvalue weighted by atomic mass is 16.2. The molecule has 0 unspecified atom stereocenters. The minimum absolute atomic E-state index is 0.0729. The number of rotatable bonds is 6. The van der Waals surface area contributed by atoms with Crippen LogP contribution < -0.4 is 5.43 Å². The molecule has 2 aromatic carbocycles. The maximum absolute atomic E-state index is 11.8. The van der Waals surface area contributed by atoms with Crippen LogP contribution in [0.25, 0.3) is 6.08 Å². The van der Waals surface area contributed by atoms with E-state index in [4.69, 9.17) is 0 Å². The van der Waals surface area contributed by atoms with Gasteiger partial charge >= 0.3 is 0 Å².